The summed E-state index contributed by atoms with van der Waals surface area (Å²) in [6, 6.07) is 8.51. The first kappa shape index (κ1) is 23.1. The Balaban J connectivity index is 2.05. The van der Waals surface area contributed by atoms with Crippen LogP contribution in [0.5, 0.6) is 5.75 Å². The molecule has 1 aromatic carbocycles. The quantitative estimate of drug-likeness (QED) is 0.532. The Bertz CT molecular complexity index is 921. The number of hydrogen-bond acceptors (Lipinski definition) is 6. The van der Waals surface area contributed by atoms with Gasteiger partial charge in [0, 0.05) is 5.39 Å². The second kappa shape index (κ2) is 10.0. The van der Waals surface area contributed by atoms with E-state index in [9.17, 15) is 9.59 Å². The Morgan fingerprint density at radius 1 is 1.23 bits per heavy atom. The van der Waals surface area contributed by atoms with E-state index in [1.54, 1.807) is 33.9 Å². The summed E-state index contributed by atoms with van der Waals surface area (Å²) in [5.74, 6) is 0.241. The summed E-state index contributed by atoms with van der Waals surface area (Å²) < 4.78 is 10.5. The molecule has 30 heavy (non-hydrogen) atoms. The number of nitrogens with zero attached hydrogens (tertiary/aromatic N) is 2. The van der Waals surface area contributed by atoms with E-state index in [1.165, 1.54) is 6.21 Å². The second-order valence-corrected chi connectivity index (χ2v) is 8.04. The zero-order valence-electron chi connectivity index (χ0n) is 18.4. The first-order valence-electron chi connectivity index (χ1n) is 9.90. The van der Waals surface area contributed by atoms with Crippen molar-refractivity contribution < 1.29 is 19.1 Å². The second-order valence-electron chi connectivity index (χ2n) is 8.04. The lowest BCUT2D eigenvalue weighted by atomic mass is 9.99. The Morgan fingerprint density at radius 2 is 1.97 bits per heavy atom. The molecule has 0 saturated heterocycles. The summed E-state index contributed by atoms with van der Waals surface area (Å²) >= 11 is 0. The normalized spacial score (nSPS) is 13.7. The van der Waals surface area contributed by atoms with Crippen molar-refractivity contribution in [1.29, 1.82) is 0 Å². The highest BCUT2D eigenvalue weighted by Crippen LogP contribution is 2.19. The minimum absolute atomic E-state index is 0.0958. The van der Waals surface area contributed by atoms with Gasteiger partial charge in [-0.05, 0) is 51.0 Å². The molecule has 2 amide bonds. The van der Waals surface area contributed by atoms with Gasteiger partial charge in [-0.1, -0.05) is 26.3 Å². The Morgan fingerprint density at radius 3 is 2.60 bits per heavy atom. The van der Waals surface area contributed by atoms with Gasteiger partial charge in [0.2, 0.25) is 0 Å². The van der Waals surface area contributed by atoms with Crippen molar-refractivity contribution in [3.63, 3.8) is 0 Å². The number of ether oxygens (including phenoxy) is 2. The van der Waals surface area contributed by atoms with Gasteiger partial charge < -0.3 is 14.8 Å². The fourth-order valence-corrected chi connectivity index (χ4v) is 2.69. The van der Waals surface area contributed by atoms with E-state index in [-0.39, 0.29) is 5.92 Å². The number of methoxy groups -OCH3 is 1. The Hall–Kier alpha value is -3.16. The maximum atomic E-state index is 12.6. The molecule has 2 N–H and O–H groups in total. The maximum absolute atomic E-state index is 12.6. The third-order valence-electron chi connectivity index (χ3n) is 4.46. The summed E-state index contributed by atoms with van der Waals surface area (Å²) in [4.78, 5) is 29.2. The molecule has 2 atom stereocenters. The van der Waals surface area contributed by atoms with Gasteiger partial charge in [0.05, 0.1) is 24.5 Å². The molecule has 0 fully saturated rings. The van der Waals surface area contributed by atoms with Crippen molar-refractivity contribution in [3.05, 3.63) is 36.0 Å². The largest absolute Gasteiger partial charge is 0.497 e. The molecule has 0 aliphatic carbocycles. The van der Waals surface area contributed by atoms with E-state index in [0.717, 1.165) is 16.7 Å². The van der Waals surface area contributed by atoms with E-state index in [1.807, 2.05) is 38.1 Å². The average Bonchev–Trinajstić information content (AvgIpc) is 2.69. The summed E-state index contributed by atoms with van der Waals surface area (Å²) in [5, 5.41) is 7.57. The lowest BCUT2D eigenvalue weighted by Gasteiger charge is -2.25. The van der Waals surface area contributed by atoms with Crippen LogP contribution in [0, 0.1) is 5.92 Å². The lowest BCUT2D eigenvalue weighted by molar-refractivity contribution is -0.124. The molecule has 0 bridgehead atoms. The van der Waals surface area contributed by atoms with Crippen LogP contribution in [-0.2, 0) is 9.53 Å². The van der Waals surface area contributed by atoms with Gasteiger partial charge in [-0.3, -0.25) is 4.79 Å². The van der Waals surface area contributed by atoms with Crippen LogP contribution in [0.4, 0.5) is 4.79 Å². The van der Waals surface area contributed by atoms with Crippen LogP contribution in [0.15, 0.2) is 35.4 Å². The van der Waals surface area contributed by atoms with Gasteiger partial charge >= 0.3 is 6.09 Å². The smallest absolute Gasteiger partial charge is 0.408 e. The molecular weight excluding hydrogens is 384 g/mol. The number of pyridine rings is 1. The third-order valence-corrected chi connectivity index (χ3v) is 4.46. The molecule has 0 aliphatic heterocycles. The first-order chi connectivity index (χ1) is 14.1. The number of hydrazone groups is 1. The fraction of sp³-hybridized carbons (Fsp3) is 0.455. The molecule has 0 radical (unpaired) electrons. The number of hydrogen-bond donors (Lipinski definition) is 2. The average molecular weight is 415 g/mol. The number of rotatable bonds is 7. The van der Waals surface area contributed by atoms with E-state index in [2.05, 4.69) is 20.8 Å². The summed E-state index contributed by atoms with van der Waals surface area (Å²) in [7, 11) is 1.61. The van der Waals surface area contributed by atoms with Crippen molar-refractivity contribution in [2.75, 3.05) is 7.11 Å². The molecule has 8 nitrogen and oxygen atoms in total. The molecule has 0 saturated carbocycles. The highest BCUT2D eigenvalue weighted by atomic mass is 16.6. The lowest BCUT2D eigenvalue weighted by Crippen LogP contribution is -2.50. The number of aromatic nitrogens is 1. The predicted molar refractivity (Wildman–Crippen MR) is 117 cm³/mol. The Kier molecular flexibility index (Phi) is 7.74. The number of alkyl carbamates (subject to hydrolysis) is 1. The van der Waals surface area contributed by atoms with Gasteiger partial charge in [-0.2, -0.15) is 5.10 Å². The zero-order valence-corrected chi connectivity index (χ0v) is 18.4. The van der Waals surface area contributed by atoms with Crippen LogP contribution in [0.25, 0.3) is 10.9 Å². The molecule has 0 unspecified atom stereocenters. The summed E-state index contributed by atoms with van der Waals surface area (Å²) in [6.45, 7) is 9.12. The summed E-state index contributed by atoms with van der Waals surface area (Å²) in [5.41, 5.74) is 3.21. The highest BCUT2D eigenvalue weighted by molar-refractivity contribution is 5.88. The van der Waals surface area contributed by atoms with Crippen LogP contribution >= 0.6 is 0 Å². The minimum atomic E-state index is -0.765. The van der Waals surface area contributed by atoms with Crippen LogP contribution in [-0.4, -0.2) is 42.0 Å². The number of fused-ring (bicyclic) bond motifs is 1. The van der Waals surface area contributed by atoms with Gasteiger partial charge in [-0.25, -0.2) is 15.2 Å². The molecule has 2 aromatic rings. The number of carbonyl (C=O) groups excluding carboxylic acids is 2. The van der Waals surface area contributed by atoms with Gasteiger partial charge in [0.1, 0.15) is 17.4 Å². The van der Waals surface area contributed by atoms with Gasteiger partial charge in [-0.15, -0.1) is 0 Å². The SMILES string of the molecule is CC[C@@H](C)[C@H](NC(=O)OC(C)(C)C)C(=O)N/N=C\c1ccc2cc(OC)ccc2n1. The van der Waals surface area contributed by atoms with Gasteiger partial charge in [0.25, 0.3) is 5.91 Å². The molecular formula is C22H30N4O4. The van der Waals surface area contributed by atoms with Crippen molar-refractivity contribution in [2.24, 2.45) is 11.0 Å². The number of nitrogens with one attached hydrogen (secondary N) is 2. The number of amides is 2. The van der Waals surface area contributed by atoms with E-state index < -0.39 is 23.6 Å². The maximum Gasteiger partial charge on any atom is 0.408 e. The molecule has 1 aromatic heterocycles. The third kappa shape index (κ3) is 6.72. The topological polar surface area (TPSA) is 102 Å². The number of benzene rings is 1. The van der Waals surface area contributed by atoms with Crippen LogP contribution in [0.2, 0.25) is 0 Å². The molecule has 162 valence electrons. The summed E-state index contributed by atoms with van der Waals surface area (Å²) in [6.07, 6.45) is 1.52. The van der Waals surface area contributed by atoms with E-state index >= 15 is 0 Å². The van der Waals surface area contributed by atoms with Gasteiger partial charge in [0.15, 0.2) is 0 Å². The highest BCUT2D eigenvalue weighted by Gasteiger charge is 2.28. The predicted octanol–water partition coefficient (Wildman–Crippen LogP) is 3.63. The molecule has 0 spiro atoms. The minimum Gasteiger partial charge on any atom is -0.497 e. The van der Waals surface area contributed by atoms with Crippen molar-refractivity contribution in [2.45, 2.75) is 52.7 Å². The van der Waals surface area contributed by atoms with Crippen molar-refractivity contribution in [3.8, 4) is 5.75 Å². The van der Waals surface area contributed by atoms with Crippen LogP contribution in [0.3, 0.4) is 0 Å². The molecule has 2 rings (SSSR count). The zero-order chi connectivity index (χ0) is 22.3. The first-order valence-corrected chi connectivity index (χ1v) is 9.90. The van der Waals surface area contributed by atoms with E-state index in [4.69, 9.17) is 9.47 Å². The van der Waals surface area contributed by atoms with Crippen LogP contribution in [0.1, 0.15) is 46.7 Å². The van der Waals surface area contributed by atoms with Crippen LogP contribution < -0.4 is 15.5 Å². The molecule has 8 heteroatoms. The monoisotopic (exact) mass is 414 g/mol. The van der Waals surface area contributed by atoms with Crippen molar-refractivity contribution in [1.82, 2.24) is 15.7 Å². The Labute approximate surface area is 177 Å². The van der Waals surface area contributed by atoms with E-state index in [0.29, 0.717) is 12.1 Å². The van der Waals surface area contributed by atoms with Crippen molar-refractivity contribution >= 4 is 29.1 Å². The standard InChI is InChI=1S/C22H30N4O4/c1-7-14(2)19(25-21(28)30-22(3,4)5)20(27)26-23-13-16-9-8-15-12-17(29-6)10-11-18(15)24-16/h8-14,19H,7H2,1-6H3,(H,25,28)(H,26,27)/b23-13-/t14-,19+/m1/s1. The number of carbonyl (C=O) groups is 2. The molecule has 1 heterocycles. The fourth-order valence-electron chi connectivity index (χ4n) is 2.69. The molecule has 0 aliphatic rings.